The van der Waals surface area contributed by atoms with Crippen LogP contribution in [0.25, 0.3) is 155 Å². The molecule has 6 heterocycles. The Morgan fingerprint density at radius 1 is 0.467 bits per heavy atom. The number of fused-ring (bicyclic) bond motifs is 16. The summed E-state index contributed by atoms with van der Waals surface area (Å²) in [5.41, 5.74) is 18.3. The van der Waals surface area contributed by atoms with Crippen LogP contribution in [0.3, 0.4) is 0 Å². The van der Waals surface area contributed by atoms with E-state index in [0.717, 1.165) is 138 Å². The number of furan rings is 1. The maximum atomic E-state index is 9.27. The van der Waals surface area contributed by atoms with E-state index in [4.69, 9.17) is 18.3 Å². The van der Waals surface area contributed by atoms with Crippen LogP contribution in [0.4, 0.5) is 0 Å². The second-order valence-electron chi connectivity index (χ2n) is 23.9. The summed E-state index contributed by atoms with van der Waals surface area (Å²) in [5, 5.41) is 6.32. The fourth-order valence-electron chi connectivity index (χ4n) is 13.6. The smallest absolute Gasteiger partial charge is 0.268 e. The number of ether oxygens (including phenoxy) is 1. The normalized spacial score (nSPS) is 12.9. The van der Waals surface area contributed by atoms with Gasteiger partial charge in [0.2, 0.25) is 0 Å². The Morgan fingerprint density at radius 2 is 1.09 bits per heavy atom. The average molecular weight is 1340 g/mol. The Bertz CT molecular complexity index is 6030. The van der Waals surface area contributed by atoms with Gasteiger partial charge in [0.15, 0.2) is 0 Å². The summed E-state index contributed by atoms with van der Waals surface area (Å²) in [6, 6.07) is 85.0. The first-order chi connectivity index (χ1) is 45.8. The molecule has 0 saturated carbocycles. The van der Waals surface area contributed by atoms with Crippen molar-refractivity contribution in [3.8, 4) is 90.0 Å². The molecule has 0 atom stereocenters. The molecule has 1 aliphatic rings. The van der Waals surface area contributed by atoms with Crippen molar-refractivity contribution in [3.63, 3.8) is 0 Å². The van der Waals surface area contributed by atoms with Gasteiger partial charge in [-0.05, 0) is 144 Å². The van der Waals surface area contributed by atoms with Crippen molar-refractivity contribution in [3.05, 3.63) is 291 Å². The van der Waals surface area contributed by atoms with Gasteiger partial charge in [-0.25, -0.2) is 4.98 Å². The van der Waals surface area contributed by atoms with Crippen LogP contribution in [0.2, 0.25) is 0 Å². The van der Waals surface area contributed by atoms with Gasteiger partial charge in [-0.15, -0.1) is 29.7 Å². The molecule has 0 fully saturated rings. The minimum Gasteiger partial charge on any atom is -0.510 e. The van der Waals surface area contributed by atoms with E-state index >= 15 is 0 Å². The van der Waals surface area contributed by atoms with E-state index in [2.05, 4.69) is 227 Å². The van der Waals surface area contributed by atoms with E-state index in [1.165, 1.54) is 5.56 Å². The fraction of sp³-hybridized carbons (Fsp3) is 0.0488. The number of nitrogens with zero attached hydrogens (tertiary/aromatic N) is 5. The third-order valence-electron chi connectivity index (χ3n) is 17.7. The summed E-state index contributed by atoms with van der Waals surface area (Å²) in [4.78, 5) is 4.93. The molecule has 90 heavy (non-hydrogen) atoms. The number of pyridine rings is 1. The number of hydrogen-bond donors (Lipinski definition) is 0. The van der Waals surface area contributed by atoms with Gasteiger partial charge in [0.05, 0.1) is 40.3 Å². The first kappa shape index (κ1) is 48.2. The van der Waals surface area contributed by atoms with E-state index < -0.39 is 18.1 Å². The van der Waals surface area contributed by atoms with E-state index in [0.29, 0.717) is 22.7 Å². The zero-order valence-corrected chi connectivity index (χ0v) is 51.2. The molecule has 12 aromatic carbocycles. The standard InChI is InChI=1S/C82H53N5O2.Pt/c1-82(2,3)55-41-42-83-79(47-55)87-73-32-15-11-27-64(73)65-39-37-58(49-75(65)87)88-57-22-17-21-56(48-57)84-50-85-80-67(29-18-33-74(80)86-71-30-13-9-25-62(71)63-26-10-14-31-72(63)86)68-43-52(51-19-5-4-6-20-51)35-38-61(68)59-23-7-8-24-60(59)70-45-54(46-76(84)81(70)85)53-36-40-78-69(44-53)66-28-12-16-34-77(66)89-78;/h4-47H,1-3H3;/q-2;/i4D,5D,6D,19D,20D;. The van der Waals surface area contributed by atoms with Crippen LogP contribution in [-0.2, 0) is 26.5 Å². The Balaban J connectivity index is 0.00000684. The number of para-hydroxylation sites is 5. The zero-order chi connectivity index (χ0) is 63.4. The minimum absolute atomic E-state index is 0. The number of imidazole rings is 1. The SMILES string of the molecule is [2H]c1c([2H])c([2H])c(-c2ccc3c(c2)-c2cccc(-n4c5ccccc5c5ccccc54)c2-[n+]2[c-]n(-c4[c-]c(Oc5[c-]c6c(cc5)c5ccccc5n6-c5cc(C(C)(C)C)ccn5)ccc4)c4cc(-c5ccc6oc7ccccc7c6c5)cc(c42)-c2ccccc2-3)c([2H])c1[2H].[Pt]. The van der Waals surface area contributed by atoms with Crippen LogP contribution < -0.4 is 9.30 Å². The molecule has 430 valence electrons. The predicted molar refractivity (Wildman–Crippen MR) is 361 cm³/mol. The third-order valence-corrected chi connectivity index (χ3v) is 17.7. The van der Waals surface area contributed by atoms with Gasteiger partial charge in [-0.2, -0.15) is 18.2 Å². The Kier molecular flexibility index (Phi) is 11.0. The van der Waals surface area contributed by atoms with Gasteiger partial charge in [0.25, 0.3) is 6.33 Å². The molecule has 0 radical (unpaired) electrons. The molecule has 0 unspecified atom stereocenters. The van der Waals surface area contributed by atoms with Crippen molar-refractivity contribution < 1.29 is 41.6 Å². The van der Waals surface area contributed by atoms with Crippen molar-refractivity contribution in [2.24, 2.45) is 0 Å². The molecular weight excluding hydrogens is 1280 g/mol. The topological polar surface area (TPSA) is 53.9 Å². The molecule has 5 aromatic heterocycles. The van der Waals surface area contributed by atoms with Gasteiger partial charge < -0.3 is 22.9 Å². The zero-order valence-electron chi connectivity index (χ0n) is 53.9. The van der Waals surface area contributed by atoms with Crippen LogP contribution in [0, 0.1) is 18.5 Å². The first-order valence-electron chi connectivity index (χ1n) is 32.3. The molecule has 18 rings (SSSR count). The molecule has 0 aliphatic carbocycles. The molecule has 0 amide bonds. The molecule has 17 aromatic rings. The summed E-state index contributed by atoms with van der Waals surface area (Å²) < 4.78 is 66.9. The predicted octanol–water partition coefficient (Wildman–Crippen LogP) is 20.5. The van der Waals surface area contributed by atoms with Gasteiger partial charge in [-0.3, -0.25) is 4.57 Å². The average Bonchev–Trinajstić information content (AvgIpc) is 1.58. The molecule has 0 N–H and O–H groups in total. The largest absolute Gasteiger partial charge is 0.510 e. The molecular formula is C82H53N5O2Pt-2. The van der Waals surface area contributed by atoms with Gasteiger partial charge in [0, 0.05) is 65.8 Å². The van der Waals surface area contributed by atoms with Crippen molar-refractivity contribution in [2.45, 2.75) is 26.2 Å². The summed E-state index contributed by atoms with van der Waals surface area (Å²) in [6.45, 7) is 6.63. The van der Waals surface area contributed by atoms with E-state index in [9.17, 15) is 2.74 Å². The third kappa shape index (κ3) is 8.37. The molecule has 8 heteroatoms. The maximum Gasteiger partial charge on any atom is 0.268 e. The van der Waals surface area contributed by atoms with Crippen molar-refractivity contribution in [2.75, 3.05) is 0 Å². The molecule has 1 aliphatic heterocycles. The first-order valence-corrected chi connectivity index (χ1v) is 29.8. The van der Waals surface area contributed by atoms with E-state index in [1.807, 2.05) is 66.9 Å². The Morgan fingerprint density at radius 3 is 1.87 bits per heavy atom. The summed E-state index contributed by atoms with van der Waals surface area (Å²) in [7, 11) is 0. The molecule has 7 nitrogen and oxygen atoms in total. The Hall–Kier alpha value is -10.9. The Labute approximate surface area is 540 Å². The quantitative estimate of drug-likeness (QED) is 0.118. The molecule has 0 spiro atoms. The number of rotatable bonds is 7. The van der Waals surface area contributed by atoms with Crippen molar-refractivity contribution in [1.82, 2.24) is 18.7 Å². The fourth-order valence-corrected chi connectivity index (χ4v) is 13.6. The number of benzene rings is 12. The second kappa shape index (κ2) is 20.6. The molecule has 0 saturated heterocycles. The van der Waals surface area contributed by atoms with Gasteiger partial charge >= 0.3 is 0 Å². The van der Waals surface area contributed by atoms with Crippen molar-refractivity contribution in [1.29, 1.82) is 0 Å². The summed E-state index contributed by atoms with van der Waals surface area (Å²) in [6.07, 6.45) is 5.90. The van der Waals surface area contributed by atoms with Crippen LogP contribution >= 0.6 is 0 Å². The van der Waals surface area contributed by atoms with Crippen LogP contribution in [-0.4, -0.2) is 18.7 Å². The minimum atomic E-state index is -0.447. The van der Waals surface area contributed by atoms with E-state index in [-0.39, 0.29) is 44.1 Å². The molecule has 0 bridgehead atoms. The van der Waals surface area contributed by atoms with Crippen LogP contribution in [0.5, 0.6) is 11.5 Å². The van der Waals surface area contributed by atoms with Gasteiger partial charge in [-0.1, -0.05) is 190 Å². The second-order valence-corrected chi connectivity index (χ2v) is 23.9. The maximum absolute atomic E-state index is 9.27. The summed E-state index contributed by atoms with van der Waals surface area (Å²) in [5.74, 6) is 1.76. The van der Waals surface area contributed by atoms with Crippen LogP contribution in [0.15, 0.2) is 271 Å². The number of aromatic nitrogens is 5. The number of hydrogen-bond acceptors (Lipinski definition) is 3. The van der Waals surface area contributed by atoms with Crippen molar-refractivity contribution >= 4 is 76.6 Å². The van der Waals surface area contributed by atoms with E-state index in [1.54, 1.807) is 0 Å². The van der Waals surface area contributed by atoms with Crippen LogP contribution in [0.1, 0.15) is 33.2 Å². The monoisotopic (exact) mass is 1340 g/mol. The van der Waals surface area contributed by atoms with Gasteiger partial charge in [0.1, 0.15) is 17.0 Å². The summed E-state index contributed by atoms with van der Waals surface area (Å²) >= 11 is 0.